The normalized spacial score (nSPS) is 24.8. The summed E-state index contributed by atoms with van der Waals surface area (Å²) in [6.07, 6.45) is 6.48. The number of fused-ring (bicyclic) bond motifs is 1. The fraction of sp³-hybridized carbons (Fsp3) is 0.750. The zero-order valence-corrected chi connectivity index (χ0v) is 12.8. The third-order valence-corrected chi connectivity index (χ3v) is 4.71. The monoisotopic (exact) mass is 291 g/mol. The number of carbonyl (C=O) groups is 1. The first-order valence-electron chi connectivity index (χ1n) is 8.16. The van der Waals surface area contributed by atoms with Crippen LogP contribution in [0.2, 0.25) is 0 Å². The lowest BCUT2D eigenvalue weighted by atomic mass is 9.87. The highest BCUT2D eigenvalue weighted by Gasteiger charge is 2.24. The van der Waals surface area contributed by atoms with Gasteiger partial charge in [0.05, 0.1) is 0 Å². The number of rotatable bonds is 5. The van der Waals surface area contributed by atoms with Crippen molar-refractivity contribution in [2.45, 2.75) is 45.4 Å². The summed E-state index contributed by atoms with van der Waals surface area (Å²) in [7, 11) is 0. The third-order valence-electron chi connectivity index (χ3n) is 4.71. The van der Waals surface area contributed by atoms with E-state index >= 15 is 0 Å². The van der Waals surface area contributed by atoms with E-state index in [1.165, 1.54) is 12.8 Å². The van der Waals surface area contributed by atoms with Gasteiger partial charge in [0, 0.05) is 31.0 Å². The van der Waals surface area contributed by atoms with Crippen LogP contribution in [-0.2, 0) is 17.6 Å². The van der Waals surface area contributed by atoms with Gasteiger partial charge in [0.2, 0.25) is 0 Å². The molecule has 0 radical (unpaired) electrons. The van der Waals surface area contributed by atoms with E-state index < -0.39 is 0 Å². The molecule has 2 N–H and O–H groups in total. The van der Waals surface area contributed by atoms with Crippen molar-refractivity contribution in [3.63, 3.8) is 0 Å². The van der Waals surface area contributed by atoms with Crippen LogP contribution >= 0.6 is 0 Å². The van der Waals surface area contributed by atoms with Gasteiger partial charge in [0.15, 0.2) is 5.69 Å². The van der Waals surface area contributed by atoms with Crippen LogP contribution in [0.5, 0.6) is 0 Å². The van der Waals surface area contributed by atoms with Crippen LogP contribution in [0.25, 0.3) is 0 Å². The molecular formula is C16H25N3O2. The molecule has 1 aliphatic carbocycles. The van der Waals surface area contributed by atoms with Crippen molar-refractivity contribution in [1.82, 2.24) is 15.5 Å². The molecule has 2 atom stereocenters. The van der Waals surface area contributed by atoms with Crippen molar-refractivity contribution in [3.05, 3.63) is 17.0 Å². The Hall–Kier alpha value is -1.36. The fourth-order valence-corrected chi connectivity index (χ4v) is 3.34. The van der Waals surface area contributed by atoms with E-state index in [9.17, 15) is 4.79 Å². The van der Waals surface area contributed by atoms with Crippen molar-refractivity contribution in [1.29, 1.82) is 0 Å². The lowest BCUT2D eigenvalue weighted by Crippen LogP contribution is -2.27. The van der Waals surface area contributed by atoms with Gasteiger partial charge in [-0.2, -0.15) is 5.10 Å². The molecule has 116 valence electrons. The van der Waals surface area contributed by atoms with Gasteiger partial charge in [-0.1, -0.05) is 6.92 Å². The van der Waals surface area contributed by atoms with E-state index in [-0.39, 0.29) is 5.91 Å². The Labute approximate surface area is 125 Å². The highest BCUT2D eigenvalue weighted by Crippen LogP contribution is 2.26. The molecular weight excluding hydrogens is 266 g/mol. The fourth-order valence-electron chi connectivity index (χ4n) is 3.34. The van der Waals surface area contributed by atoms with Crippen molar-refractivity contribution in [3.8, 4) is 0 Å². The van der Waals surface area contributed by atoms with Crippen LogP contribution in [0.15, 0.2) is 0 Å². The van der Waals surface area contributed by atoms with Crippen molar-refractivity contribution < 1.29 is 9.53 Å². The Kier molecular flexibility index (Phi) is 4.58. The van der Waals surface area contributed by atoms with Gasteiger partial charge in [-0.25, -0.2) is 0 Å². The van der Waals surface area contributed by atoms with E-state index in [2.05, 4.69) is 22.4 Å². The number of aromatic nitrogens is 2. The number of amides is 1. The Morgan fingerprint density at radius 2 is 2.38 bits per heavy atom. The molecule has 1 fully saturated rings. The lowest BCUT2D eigenvalue weighted by molar-refractivity contribution is 0.0946. The second-order valence-electron chi connectivity index (χ2n) is 6.51. The first-order valence-corrected chi connectivity index (χ1v) is 8.16. The molecule has 0 aromatic carbocycles. The molecule has 5 heteroatoms. The maximum atomic E-state index is 12.3. The summed E-state index contributed by atoms with van der Waals surface area (Å²) in [6.45, 7) is 4.75. The SMILES string of the molecule is C[C@@H]1CCc2[nH]nc(C(=O)NCCC[C@H]3CCOC3)c2C1. The van der Waals surface area contributed by atoms with Gasteiger partial charge in [-0.3, -0.25) is 9.89 Å². The molecule has 1 aromatic heterocycles. The standard InChI is InChI=1S/C16H25N3O2/c1-11-4-5-14-13(9-11)15(19-18-14)16(20)17-7-2-3-12-6-8-21-10-12/h11-12H,2-10H2,1H3,(H,17,20)(H,18,19)/t11-,12+/m1/s1. The summed E-state index contributed by atoms with van der Waals surface area (Å²) < 4.78 is 5.36. The summed E-state index contributed by atoms with van der Waals surface area (Å²) in [5.74, 6) is 1.30. The quantitative estimate of drug-likeness (QED) is 0.816. The number of hydrogen-bond donors (Lipinski definition) is 2. The van der Waals surface area contributed by atoms with Crippen LogP contribution in [0.4, 0.5) is 0 Å². The zero-order chi connectivity index (χ0) is 14.7. The van der Waals surface area contributed by atoms with Crippen LogP contribution in [0.1, 0.15) is 54.4 Å². The molecule has 2 heterocycles. The van der Waals surface area contributed by atoms with E-state index in [0.29, 0.717) is 17.5 Å². The third kappa shape index (κ3) is 3.46. The molecule has 3 rings (SSSR count). The minimum absolute atomic E-state index is 0.0238. The predicted octanol–water partition coefficient (Wildman–Crippen LogP) is 2.08. The van der Waals surface area contributed by atoms with Crippen molar-refractivity contribution in [2.24, 2.45) is 11.8 Å². The lowest BCUT2D eigenvalue weighted by Gasteiger charge is -2.18. The van der Waals surface area contributed by atoms with Crippen LogP contribution in [-0.4, -0.2) is 35.9 Å². The topological polar surface area (TPSA) is 67.0 Å². The molecule has 0 bridgehead atoms. The molecule has 1 aromatic rings. The van der Waals surface area contributed by atoms with Crippen molar-refractivity contribution in [2.75, 3.05) is 19.8 Å². The first-order chi connectivity index (χ1) is 10.2. The van der Waals surface area contributed by atoms with E-state index in [4.69, 9.17) is 4.74 Å². The number of nitrogens with zero attached hydrogens (tertiary/aromatic N) is 1. The molecule has 5 nitrogen and oxygen atoms in total. The Bertz CT molecular complexity index is 492. The number of aryl methyl sites for hydroxylation is 1. The molecule has 1 aliphatic heterocycles. The molecule has 21 heavy (non-hydrogen) atoms. The summed E-state index contributed by atoms with van der Waals surface area (Å²) >= 11 is 0. The number of hydrogen-bond acceptors (Lipinski definition) is 3. The molecule has 1 saturated heterocycles. The van der Waals surface area contributed by atoms with Gasteiger partial charge >= 0.3 is 0 Å². The predicted molar refractivity (Wildman–Crippen MR) is 80.3 cm³/mol. The molecule has 2 aliphatic rings. The summed E-state index contributed by atoms with van der Waals surface area (Å²) in [6, 6.07) is 0. The minimum atomic E-state index is -0.0238. The Morgan fingerprint density at radius 1 is 1.48 bits per heavy atom. The Morgan fingerprint density at radius 3 is 3.19 bits per heavy atom. The minimum Gasteiger partial charge on any atom is -0.381 e. The maximum Gasteiger partial charge on any atom is 0.272 e. The molecule has 1 amide bonds. The van der Waals surface area contributed by atoms with Crippen molar-refractivity contribution >= 4 is 5.91 Å². The number of nitrogens with one attached hydrogen (secondary N) is 2. The first kappa shape index (κ1) is 14.6. The second-order valence-corrected chi connectivity index (χ2v) is 6.51. The number of aromatic amines is 1. The van der Waals surface area contributed by atoms with Gasteiger partial charge < -0.3 is 10.1 Å². The van der Waals surface area contributed by atoms with Gasteiger partial charge in [-0.05, 0) is 50.4 Å². The summed E-state index contributed by atoms with van der Waals surface area (Å²) in [5.41, 5.74) is 2.90. The van der Waals surface area contributed by atoms with Gasteiger partial charge in [0.1, 0.15) is 0 Å². The van der Waals surface area contributed by atoms with Crippen LogP contribution in [0.3, 0.4) is 0 Å². The highest BCUT2D eigenvalue weighted by atomic mass is 16.5. The number of ether oxygens (including phenoxy) is 1. The number of H-pyrrole nitrogens is 1. The average molecular weight is 291 g/mol. The highest BCUT2D eigenvalue weighted by molar-refractivity contribution is 5.94. The average Bonchev–Trinajstić information content (AvgIpc) is 3.12. The number of carbonyl (C=O) groups excluding carboxylic acids is 1. The van der Waals surface area contributed by atoms with Gasteiger partial charge in [-0.15, -0.1) is 0 Å². The van der Waals surface area contributed by atoms with E-state index in [1.54, 1.807) is 0 Å². The zero-order valence-electron chi connectivity index (χ0n) is 12.8. The van der Waals surface area contributed by atoms with E-state index in [0.717, 1.165) is 56.7 Å². The summed E-state index contributed by atoms with van der Waals surface area (Å²) in [5, 5.41) is 10.3. The molecule has 0 saturated carbocycles. The van der Waals surface area contributed by atoms with Crippen LogP contribution < -0.4 is 5.32 Å². The Balaban J connectivity index is 1.48. The second kappa shape index (κ2) is 6.60. The smallest absolute Gasteiger partial charge is 0.272 e. The maximum absolute atomic E-state index is 12.3. The van der Waals surface area contributed by atoms with E-state index in [1.807, 2.05) is 0 Å². The van der Waals surface area contributed by atoms with Crippen LogP contribution in [0, 0.1) is 11.8 Å². The summed E-state index contributed by atoms with van der Waals surface area (Å²) in [4.78, 5) is 12.3. The molecule has 0 unspecified atom stereocenters. The van der Waals surface area contributed by atoms with Gasteiger partial charge in [0.25, 0.3) is 5.91 Å². The molecule has 0 spiro atoms. The largest absolute Gasteiger partial charge is 0.381 e.